The molecule has 1 aliphatic carbocycles. The Morgan fingerprint density at radius 1 is 1.10 bits per heavy atom. The molecule has 1 spiro atoms. The molecule has 0 aromatic carbocycles. The maximum absolute atomic E-state index is 12.5. The van der Waals surface area contributed by atoms with Crippen molar-refractivity contribution in [2.75, 3.05) is 18.4 Å². The van der Waals surface area contributed by atoms with Gasteiger partial charge in [-0.3, -0.25) is 4.79 Å². The van der Waals surface area contributed by atoms with Crippen LogP contribution in [0.15, 0.2) is 18.7 Å². The Labute approximate surface area is 160 Å². The summed E-state index contributed by atoms with van der Waals surface area (Å²) in [4.78, 5) is 32.4. The molecule has 1 atom stereocenters. The Kier molecular flexibility index (Phi) is 5.34. The number of rotatable bonds is 3. The SMILES string of the molecule is O=C(Nc1cncnc1)C1CC12CCN(C(=O)OC(C(F)(F)F)C(F)(F)F)CC2. The lowest BCUT2D eigenvalue weighted by molar-refractivity contribution is -0.308. The van der Waals surface area contributed by atoms with Gasteiger partial charge < -0.3 is 15.0 Å². The molecule has 1 aliphatic heterocycles. The summed E-state index contributed by atoms with van der Waals surface area (Å²) in [7, 11) is 0. The summed E-state index contributed by atoms with van der Waals surface area (Å²) in [6.07, 6.45) is -12.2. The third kappa shape index (κ3) is 4.70. The van der Waals surface area contributed by atoms with Crippen LogP contribution in [0, 0.1) is 11.3 Å². The van der Waals surface area contributed by atoms with Crippen LogP contribution in [0.3, 0.4) is 0 Å². The third-order valence-corrected chi connectivity index (χ3v) is 5.17. The quantitative estimate of drug-likeness (QED) is 0.751. The minimum Gasteiger partial charge on any atom is -0.426 e. The molecule has 7 nitrogen and oxygen atoms in total. The topological polar surface area (TPSA) is 84.4 Å². The molecule has 1 unspecified atom stereocenters. The summed E-state index contributed by atoms with van der Waals surface area (Å²) < 4.78 is 78.9. The number of ether oxygens (including phenoxy) is 1. The Bertz CT molecular complexity index is 748. The Morgan fingerprint density at radius 2 is 1.66 bits per heavy atom. The Morgan fingerprint density at radius 3 is 2.17 bits per heavy atom. The van der Waals surface area contributed by atoms with E-state index < -0.39 is 30.0 Å². The minimum absolute atomic E-state index is 0.0977. The molecule has 2 aliphatic rings. The highest BCUT2D eigenvalue weighted by Crippen LogP contribution is 2.59. The second kappa shape index (κ2) is 7.34. The number of alkyl halides is 6. The second-order valence-electron chi connectivity index (χ2n) is 7.07. The predicted molar refractivity (Wildman–Crippen MR) is 84.4 cm³/mol. The van der Waals surface area contributed by atoms with Gasteiger partial charge in [0.25, 0.3) is 6.10 Å². The van der Waals surface area contributed by atoms with E-state index in [9.17, 15) is 35.9 Å². The van der Waals surface area contributed by atoms with Crippen molar-refractivity contribution in [2.45, 2.75) is 37.7 Å². The summed E-state index contributed by atoms with van der Waals surface area (Å²) in [5.74, 6) is -0.635. The van der Waals surface area contributed by atoms with Gasteiger partial charge in [-0.1, -0.05) is 0 Å². The molecule has 1 aromatic rings. The van der Waals surface area contributed by atoms with Crippen molar-refractivity contribution in [1.82, 2.24) is 14.9 Å². The number of carbonyl (C=O) groups excluding carboxylic acids is 2. The van der Waals surface area contributed by atoms with Gasteiger partial charge in [0.15, 0.2) is 0 Å². The number of hydrogen-bond donors (Lipinski definition) is 1. The van der Waals surface area contributed by atoms with E-state index in [1.54, 1.807) is 0 Å². The van der Waals surface area contributed by atoms with Crippen LogP contribution in [0.5, 0.6) is 0 Å². The number of piperidine rings is 1. The van der Waals surface area contributed by atoms with Crippen LogP contribution in [0.1, 0.15) is 19.3 Å². The van der Waals surface area contributed by atoms with Crippen LogP contribution in [0.2, 0.25) is 0 Å². The fourth-order valence-corrected chi connectivity index (χ4v) is 3.49. The predicted octanol–water partition coefficient (Wildman–Crippen LogP) is 3.15. The van der Waals surface area contributed by atoms with Gasteiger partial charge >= 0.3 is 18.4 Å². The van der Waals surface area contributed by atoms with E-state index in [1.807, 2.05) is 0 Å². The zero-order valence-corrected chi connectivity index (χ0v) is 14.8. The van der Waals surface area contributed by atoms with Gasteiger partial charge in [0, 0.05) is 19.0 Å². The smallest absolute Gasteiger partial charge is 0.426 e. The molecule has 0 radical (unpaired) electrons. The van der Waals surface area contributed by atoms with Crippen LogP contribution in [0.4, 0.5) is 36.8 Å². The first kappa shape index (κ1) is 21.1. The van der Waals surface area contributed by atoms with Gasteiger partial charge in [0.05, 0.1) is 18.1 Å². The third-order valence-electron chi connectivity index (χ3n) is 5.17. The van der Waals surface area contributed by atoms with E-state index in [4.69, 9.17) is 0 Å². The van der Waals surface area contributed by atoms with Crippen LogP contribution in [-0.2, 0) is 9.53 Å². The largest absolute Gasteiger partial charge is 0.434 e. The van der Waals surface area contributed by atoms with E-state index in [0.29, 0.717) is 12.1 Å². The molecule has 2 heterocycles. The van der Waals surface area contributed by atoms with Crippen molar-refractivity contribution in [3.05, 3.63) is 18.7 Å². The highest BCUT2D eigenvalue weighted by atomic mass is 19.4. The standard InChI is InChI=1S/C16H16F6N4O3/c17-15(18,19)12(16(20,21)22)29-13(28)26-3-1-14(2-4-26)5-10(14)11(27)25-9-6-23-8-24-7-9/h6-8,10,12H,1-5H2,(H,25,27). The Hall–Kier alpha value is -2.60. The number of amides is 2. The van der Waals surface area contributed by atoms with E-state index in [1.165, 1.54) is 18.7 Å². The van der Waals surface area contributed by atoms with Crippen molar-refractivity contribution in [1.29, 1.82) is 0 Å². The number of nitrogens with zero attached hydrogens (tertiary/aromatic N) is 3. The fraction of sp³-hybridized carbons (Fsp3) is 0.625. The lowest BCUT2D eigenvalue weighted by Crippen LogP contribution is -2.49. The number of halogens is 6. The molecule has 13 heteroatoms. The van der Waals surface area contributed by atoms with E-state index in [0.717, 1.165) is 4.90 Å². The summed E-state index contributed by atoms with van der Waals surface area (Å²) in [6.45, 7) is -0.195. The number of likely N-dealkylation sites (tertiary alicyclic amines) is 1. The highest BCUT2D eigenvalue weighted by Gasteiger charge is 2.61. The maximum atomic E-state index is 12.5. The fourth-order valence-electron chi connectivity index (χ4n) is 3.49. The molecule has 29 heavy (non-hydrogen) atoms. The molecule has 1 N–H and O–H groups in total. The van der Waals surface area contributed by atoms with Gasteiger partial charge in [0.1, 0.15) is 6.33 Å². The molecule has 160 valence electrons. The maximum Gasteiger partial charge on any atom is 0.434 e. The molecular weight excluding hydrogens is 410 g/mol. The molecule has 1 aromatic heterocycles. The molecule has 1 saturated carbocycles. The van der Waals surface area contributed by atoms with Crippen LogP contribution in [0.25, 0.3) is 0 Å². The number of nitrogens with one attached hydrogen (secondary N) is 1. The lowest BCUT2D eigenvalue weighted by Gasteiger charge is -2.33. The van der Waals surface area contributed by atoms with Gasteiger partial charge in [-0.2, -0.15) is 26.3 Å². The number of aromatic nitrogens is 2. The number of hydrogen-bond acceptors (Lipinski definition) is 5. The van der Waals surface area contributed by atoms with E-state index >= 15 is 0 Å². The monoisotopic (exact) mass is 426 g/mol. The van der Waals surface area contributed by atoms with Crippen molar-refractivity contribution < 1.29 is 40.7 Å². The van der Waals surface area contributed by atoms with Crippen LogP contribution in [-0.4, -0.2) is 58.4 Å². The molecular formula is C16H16F6N4O3. The number of carbonyl (C=O) groups is 2. The molecule has 2 amide bonds. The molecule has 0 bridgehead atoms. The van der Waals surface area contributed by atoms with Crippen LogP contribution < -0.4 is 5.32 Å². The van der Waals surface area contributed by atoms with Gasteiger partial charge in [-0.25, -0.2) is 14.8 Å². The first-order valence-electron chi connectivity index (χ1n) is 8.57. The van der Waals surface area contributed by atoms with E-state index in [-0.39, 0.29) is 37.8 Å². The first-order chi connectivity index (χ1) is 13.4. The van der Waals surface area contributed by atoms with Gasteiger partial charge in [0.2, 0.25) is 5.91 Å². The average molecular weight is 426 g/mol. The van der Waals surface area contributed by atoms with Crippen LogP contribution >= 0.6 is 0 Å². The van der Waals surface area contributed by atoms with Crippen molar-refractivity contribution in [3.63, 3.8) is 0 Å². The van der Waals surface area contributed by atoms with E-state index in [2.05, 4.69) is 20.0 Å². The zero-order chi connectivity index (χ0) is 21.4. The van der Waals surface area contributed by atoms with Crippen molar-refractivity contribution in [2.24, 2.45) is 11.3 Å². The lowest BCUT2D eigenvalue weighted by atomic mass is 9.91. The summed E-state index contributed by atoms with van der Waals surface area (Å²) in [5.41, 5.74) is -0.0184. The molecule has 2 fully saturated rings. The Balaban J connectivity index is 1.53. The summed E-state index contributed by atoms with van der Waals surface area (Å²) >= 11 is 0. The van der Waals surface area contributed by atoms with Gasteiger partial charge in [-0.05, 0) is 24.7 Å². The normalized spacial score (nSPS) is 21.2. The molecule has 3 rings (SSSR count). The zero-order valence-electron chi connectivity index (χ0n) is 14.8. The van der Waals surface area contributed by atoms with Crippen molar-refractivity contribution >= 4 is 17.7 Å². The summed E-state index contributed by atoms with van der Waals surface area (Å²) in [6, 6.07) is 0. The minimum atomic E-state index is -5.76. The van der Waals surface area contributed by atoms with Crippen molar-refractivity contribution in [3.8, 4) is 0 Å². The molecule has 1 saturated heterocycles. The second-order valence-corrected chi connectivity index (χ2v) is 7.07. The average Bonchev–Trinajstić information content (AvgIpc) is 3.32. The summed E-state index contributed by atoms with van der Waals surface area (Å²) in [5, 5.41) is 2.65. The first-order valence-corrected chi connectivity index (χ1v) is 8.57. The highest BCUT2D eigenvalue weighted by molar-refractivity contribution is 5.94. The van der Waals surface area contributed by atoms with Gasteiger partial charge in [-0.15, -0.1) is 0 Å². The number of anilines is 1.